The van der Waals surface area contributed by atoms with Gasteiger partial charge in [-0.15, -0.1) is 0 Å². The summed E-state index contributed by atoms with van der Waals surface area (Å²) in [6.07, 6.45) is 5.29. The molecule has 0 radical (unpaired) electrons. The zero-order valence-corrected chi connectivity index (χ0v) is 12.3. The summed E-state index contributed by atoms with van der Waals surface area (Å²) in [6.45, 7) is 8.26. The quantitative estimate of drug-likeness (QED) is 0.581. The molecule has 2 aromatic rings. The molecule has 0 heterocycles. The van der Waals surface area contributed by atoms with E-state index in [1.54, 1.807) is 0 Å². The van der Waals surface area contributed by atoms with Gasteiger partial charge in [0.25, 0.3) is 0 Å². The van der Waals surface area contributed by atoms with Gasteiger partial charge in [-0.1, -0.05) is 92.7 Å². The molecule has 20 heavy (non-hydrogen) atoms. The summed E-state index contributed by atoms with van der Waals surface area (Å²) in [7, 11) is 0. The van der Waals surface area contributed by atoms with E-state index < -0.39 is 0 Å². The Hall–Kier alpha value is -2.08. The van der Waals surface area contributed by atoms with E-state index in [0.29, 0.717) is 5.92 Å². The molecule has 0 nitrogen and oxygen atoms in total. The Morgan fingerprint density at radius 2 is 1.60 bits per heavy atom. The molecule has 102 valence electrons. The highest BCUT2D eigenvalue weighted by Gasteiger charge is 2.04. The Morgan fingerprint density at radius 1 is 1.00 bits per heavy atom. The minimum atomic E-state index is 0.424. The van der Waals surface area contributed by atoms with Crippen molar-refractivity contribution in [1.82, 2.24) is 0 Å². The monoisotopic (exact) mass is 262 g/mol. The van der Waals surface area contributed by atoms with Gasteiger partial charge >= 0.3 is 0 Å². The molecule has 0 aliphatic heterocycles. The second kappa shape index (κ2) is 6.91. The molecule has 2 rings (SSSR count). The summed E-state index contributed by atoms with van der Waals surface area (Å²) in [4.78, 5) is 0. The summed E-state index contributed by atoms with van der Waals surface area (Å²) < 4.78 is 0. The van der Waals surface area contributed by atoms with Crippen LogP contribution < -0.4 is 0 Å². The van der Waals surface area contributed by atoms with Crippen LogP contribution in [-0.4, -0.2) is 0 Å². The van der Waals surface area contributed by atoms with Crippen LogP contribution in [0.3, 0.4) is 0 Å². The third-order valence-corrected chi connectivity index (χ3v) is 3.68. The molecule has 1 unspecified atom stereocenters. The number of hydrogen-bond donors (Lipinski definition) is 0. The van der Waals surface area contributed by atoms with Crippen LogP contribution in [0.2, 0.25) is 0 Å². The van der Waals surface area contributed by atoms with Crippen LogP contribution in [0.4, 0.5) is 0 Å². The maximum absolute atomic E-state index is 3.86. The Kier molecular flexibility index (Phi) is 4.95. The van der Waals surface area contributed by atoms with Crippen molar-refractivity contribution in [2.45, 2.75) is 26.2 Å². The molecule has 0 fully saturated rings. The maximum Gasteiger partial charge on any atom is -0.000462 e. The van der Waals surface area contributed by atoms with Crippen molar-refractivity contribution in [3.63, 3.8) is 0 Å². The van der Waals surface area contributed by atoms with Crippen molar-refractivity contribution < 1.29 is 0 Å². The topological polar surface area (TPSA) is 0 Å². The lowest BCUT2D eigenvalue weighted by atomic mass is 9.95. The summed E-state index contributed by atoms with van der Waals surface area (Å²) in [6, 6.07) is 19.3. The highest BCUT2D eigenvalue weighted by molar-refractivity contribution is 5.63. The summed E-state index contributed by atoms with van der Waals surface area (Å²) in [5, 5.41) is 0. The van der Waals surface area contributed by atoms with E-state index in [9.17, 15) is 0 Å². The van der Waals surface area contributed by atoms with E-state index in [4.69, 9.17) is 0 Å². The molecule has 1 atom stereocenters. The van der Waals surface area contributed by atoms with Crippen molar-refractivity contribution in [2.24, 2.45) is 0 Å². The molecule has 0 saturated heterocycles. The summed E-state index contributed by atoms with van der Waals surface area (Å²) >= 11 is 0. The first-order valence-corrected chi connectivity index (χ1v) is 7.23. The molecule has 0 aliphatic rings. The van der Waals surface area contributed by atoms with Crippen LogP contribution in [0.25, 0.3) is 11.1 Å². The van der Waals surface area contributed by atoms with Crippen LogP contribution >= 0.6 is 0 Å². The molecule has 0 heteroatoms. The van der Waals surface area contributed by atoms with Gasteiger partial charge in [-0.3, -0.25) is 0 Å². The first-order chi connectivity index (χ1) is 9.74. The van der Waals surface area contributed by atoms with Crippen molar-refractivity contribution in [2.75, 3.05) is 0 Å². The molecule has 2 aromatic carbocycles. The second-order valence-corrected chi connectivity index (χ2v) is 5.08. The van der Waals surface area contributed by atoms with Gasteiger partial charge in [0, 0.05) is 0 Å². The van der Waals surface area contributed by atoms with Crippen molar-refractivity contribution in [3.8, 4) is 11.1 Å². The fourth-order valence-corrected chi connectivity index (χ4v) is 2.36. The molecule has 0 bridgehead atoms. The average molecular weight is 262 g/mol. The zero-order chi connectivity index (χ0) is 14.4. The molecule has 0 N–H and O–H groups in total. The molecule has 0 amide bonds. The second-order valence-electron chi connectivity index (χ2n) is 5.08. The third-order valence-electron chi connectivity index (χ3n) is 3.68. The Bertz CT molecular complexity index is 573. The number of rotatable bonds is 5. The van der Waals surface area contributed by atoms with Crippen LogP contribution in [0, 0.1) is 0 Å². The first-order valence-electron chi connectivity index (χ1n) is 7.23. The van der Waals surface area contributed by atoms with Crippen molar-refractivity contribution >= 4 is 0 Å². The van der Waals surface area contributed by atoms with Gasteiger partial charge in [-0.25, -0.2) is 0 Å². The van der Waals surface area contributed by atoms with Crippen LogP contribution in [0.1, 0.15) is 31.7 Å². The van der Waals surface area contributed by atoms with Gasteiger partial charge in [0.1, 0.15) is 0 Å². The lowest BCUT2D eigenvalue weighted by molar-refractivity contribution is 0.944. The molecular weight excluding hydrogens is 240 g/mol. The maximum atomic E-state index is 3.86. The standard InChI is InChI=1S/C20H22/c1-4-17(5-2)15-16(3)18-11-13-20(14-12-18)19-9-7-6-8-10-19/h4,6-16H,1,5H2,2-3H3/b17-15+. The minimum Gasteiger partial charge on any atom is -0.0988 e. The van der Waals surface area contributed by atoms with Crippen LogP contribution in [-0.2, 0) is 0 Å². The lowest BCUT2D eigenvalue weighted by Crippen LogP contribution is -1.91. The van der Waals surface area contributed by atoms with Gasteiger partial charge in [0.2, 0.25) is 0 Å². The summed E-state index contributed by atoms with van der Waals surface area (Å²) in [5.41, 5.74) is 5.19. The van der Waals surface area contributed by atoms with Gasteiger partial charge in [0.15, 0.2) is 0 Å². The van der Waals surface area contributed by atoms with Gasteiger partial charge in [-0.2, -0.15) is 0 Å². The fourth-order valence-electron chi connectivity index (χ4n) is 2.36. The number of benzene rings is 2. The summed E-state index contributed by atoms with van der Waals surface area (Å²) in [5.74, 6) is 0.424. The largest absolute Gasteiger partial charge is 0.0988 e. The molecule has 0 aliphatic carbocycles. The van der Waals surface area contributed by atoms with E-state index in [-0.39, 0.29) is 0 Å². The highest BCUT2D eigenvalue weighted by Crippen LogP contribution is 2.24. The SMILES string of the molecule is C=C/C(=C\C(C)c1ccc(-c2ccccc2)cc1)CC. The molecular formula is C20H22. The lowest BCUT2D eigenvalue weighted by Gasteiger charge is -2.10. The van der Waals surface area contributed by atoms with Crippen molar-refractivity contribution in [3.05, 3.63) is 84.5 Å². The van der Waals surface area contributed by atoms with Crippen LogP contribution in [0.15, 0.2) is 78.9 Å². The predicted molar refractivity (Wildman–Crippen MR) is 88.9 cm³/mol. The van der Waals surface area contributed by atoms with E-state index >= 15 is 0 Å². The molecule has 0 saturated carbocycles. The van der Waals surface area contributed by atoms with E-state index in [1.165, 1.54) is 22.3 Å². The third kappa shape index (κ3) is 3.48. The molecule has 0 aromatic heterocycles. The first kappa shape index (κ1) is 14.3. The molecule has 0 spiro atoms. The Balaban J connectivity index is 2.20. The van der Waals surface area contributed by atoms with E-state index in [0.717, 1.165) is 6.42 Å². The van der Waals surface area contributed by atoms with Gasteiger partial charge in [0.05, 0.1) is 0 Å². The smallest absolute Gasteiger partial charge is 0.000462 e. The number of hydrogen-bond acceptors (Lipinski definition) is 0. The Morgan fingerprint density at radius 3 is 2.15 bits per heavy atom. The fraction of sp³-hybridized carbons (Fsp3) is 0.200. The zero-order valence-electron chi connectivity index (χ0n) is 12.3. The van der Waals surface area contributed by atoms with E-state index in [2.05, 4.69) is 75.0 Å². The van der Waals surface area contributed by atoms with Crippen molar-refractivity contribution in [1.29, 1.82) is 0 Å². The Labute approximate surface area is 122 Å². The average Bonchev–Trinajstić information content (AvgIpc) is 2.53. The van der Waals surface area contributed by atoms with Gasteiger partial charge in [-0.05, 0) is 29.0 Å². The highest BCUT2D eigenvalue weighted by atomic mass is 14.1. The van der Waals surface area contributed by atoms with Crippen LogP contribution in [0.5, 0.6) is 0 Å². The minimum absolute atomic E-state index is 0.424. The number of allylic oxidation sites excluding steroid dienone is 3. The predicted octanol–water partition coefficient (Wildman–Crippen LogP) is 5.98. The van der Waals surface area contributed by atoms with Gasteiger partial charge < -0.3 is 0 Å². The normalized spacial score (nSPS) is 13.0. The van der Waals surface area contributed by atoms with E-state index in [1.807, 2.05) is 12.1 Å².